The lowest BCUT2D eigenvalue weighted by molar-refractivity contribution is 0.600. The lowest BCUT2D eigenvalue weighted by atomic mass is 10.2. The molecule has 0 aliphatic rings. The van der Waals surface area contributed by atoms with Crippen LogP contribution < -0.4 is 4.72 Å². The molecule has 1 N–H and O–H groups in total. The van der Waals surface area contributed by atoms with Gasteiger partial charge in [-0.15, -0.1) is 0 Å². The van der Waals surface area contributed by atoms with Gasteiger partial charge in [-0.2, -0.15) is 5.26 Å². The number of rotatable bonds is 3. The Hall–Kier alpha value is -1.88. The van der Waals surface area contributed by atoms with Crippen LogP contribution in [0.2, 0.25) is 10.2 Å². The average Bonchev–Trinajstić information content (AvgIpc) is 2.43. The fourth-order valence-electron chi connectivity index (χ4n) is 1.45. The summed E-state index contributed by atoms with van der Waals surface area (Å²) in [5.41, 5.74) is -0.198. The Kier molecular flexibility index (Phi) is 4.32. The van der Waals surface area contributed by atoms with Crippen LogP contribution in [0, 0.1) is 17.1 Å². The predicted octanol–water partition coefficient (Wildman–Crippen LogP) is 3.20. The first-order valence-corrected chi connectivity index (χ1v) is 7.61. The van der Waals surface area contributed by atoms with E-state index >= 15 is 0 Å². The van der Waals surface area contributed by atoms with Gasteiger partial charge >= 0.3 is 0 Å². The predicted molar refractivity (Wildman–Crippen MR) is 76.2 cm³/mol. The van der Waals surface area contributed by atoms with Gasteiger partial charge < -0.3 is 0 Å². The number of nitrogens with zero attached hydrogens (tertiary/aromatic N) is 2. The van der Waals surface area contributed by atoms with Crippen LogP contribution in [-0.2, 0) is 10.0 Å². The highest BCUT2D eigenvalue weighted by molar-refractivity contribution is 7.92. The molecule has 9 heteroatoms. The van der Waals surface area contributed by atoms with E-state index in [1.807, 2.05) is 0 Å². The molecule has 2 aromatic rings. The minimum atomic E-state index is -4.03. The van der Waals surface area contributed by atoms with Crippen molar-refractivity contribution in [3.63, 3.8) is 0 Å². The van der Waals surface area contributed by atoms with Gasteiger partial charge in [-0.25, -0.2) is 17.8 Å². The van der Waals surface area contributed by atoms with Gasteiger partial charge in [0.1, 0.15) is 21.9 Å². The number of benzene rings is 1. The maximum absolute atomic E-state index is 13.0. The Morgan fingerprint density at radius 3 is 2.62 bits per heavy atom. The van der Waals surface area contributed by atoms with Crippen LogP contribution in [0.3, 0.4) is 0 Å². The molecule has 0 amide bonds. The molecule has 0 fully saturated rings. The molecule has 0 aliphatic heterocycles. The molecule has 0 saturated carbocycles. The van der Waals surface area contributed by atoms with Gasteiger partial charge in [0.2, 0.25) is 0 Å². The summed E-state index contributed by atoms with van der Waals surface area (Å²) in [6.07, 6.45) is 1.02. The normalized spacial score (nSPS) is 11.0. The van der Waals surface area contributed by atoms with Crippen molar-refractivity contribution in [2.75, 3.05) is 4.72 Å². The second-order valence-electron chi connectivity index (χ2n) is 3.85. The summed E-state index contributed by atoms with van der Waals surface area (Å²) in [5, 5.41) is 8.83. The molecule has 1 aromatic heterocycles. The highest BCUT2D eigenvalue weighted by Gasteiger charge is 2.18. The maximum atomic E-state index is 13.0. The molecular formula is C12H6Cl2FN3O2S. The average molecular weight is 346 g/mol. The number of nitriles is 1. The standard InChI is InChI=1S/C12H6Cl2FN3O2S/c13-10-4-9(6-17-12(10)14)21(19,20)18-11-2-1-8(15)3-7(11)5-16/h1-4,6,18H. The Bertz CT molecular complexity index is 850. The Morgan fingerprint density at radius 1 is 1.29 bits per heavy atom. The van der Waals surface area contributed by atoms with Crippen molar-refractivity contribution in [1.82, 2.24) is 4.98 Å². The quantitative estimate of drug-likeness (QED) is 0.865. The first kappa shape index (κ1) is 15.5. The molecule has 1 aromatic carbocycles. The van der Waals surface area contributed by atoms with Crippen LogP contribution in [0.15, 0.2) is 35.4 Å². The number of halogens is 3. The third-order valence-corrected chi connectivity index (χ3v) is 4.45. The Labute approximate surface area is 130 Å². The summed E-state index contributed by atoms with van der Waals surface area (Å²) in [5.74, 6) is -0.647. The van der Waals surface area contributed by atoms with Gasteiger partial charge in [-0.3, -0.25) is 4.72 Å². The van der Waals surface area contributed by atoms with Crippen molar-refractivity contribution in [2.45, 2.75) is 4.90 Å². The van der Waals surface area contributed by atoms with E-state index < -0.39 is 15.8 Å². The van der Waals surface area contributed by atoms with E-state index in [0.29, 0.717) is 0 Å². The van der Waals surface area contributed by atoms with Gasteiger partial charge in [-0.1, -0.05) is 23.2 Å². The van der Waals surface area contributed by atoms with Crippen molar-refractivity contribution >= 4 is 38.9 Å². The number of sulfonamides is 1. The largest absolute Gasteiger partial charge is 0.278 e. The minimum Gasteiger partial charge on any atom is -0.278 e. The molecule has 2 rings (SSSR count). The fraction of sp³-hybridized carbons (Fsp3) is 0. The van der Waals surface area contributed by atoms with E-state index in [1.165, 1.54) is 0 Å². The van der Waals surface area contributed by atoms with Crippen LogP contribution in [0.4, 0.5) is 10.1 Å². The summed E-state index contributed by atoms with van der Waals surface area (Å²) < 4.78 is 39.5. The number of hydrogen-bond donors (Lipinski definition) is 1. The summed E-state index contributed by atoms with van der Waals surface area (Å²) in [6, 6.07) is 5.93. The zero-order valence-corrected chi connectivity index (χ0v) is 12.5. The third-order valence-electron chi connectivity index (χ3n) is 2.43. The summed E-state index contributed by atoms with van der Waals surface area (Å²) in [6.45, 7) is 0. The maximum Gasteiger partial charge on any atom is 0.263 e. The lowest BCUT2D eigenvalue weighted by Crippen LogP contribution is -2.14. The summed E-state index contributed by atoms with van der Waals surface area (Å²) >= 11 is 11.3. The molecule has 1 heterocycles. The van der Waals surface area contributed by atoms with Crippen LogP contribution in [0.5, 0.6) is 0 Å². The molecule has 0 bridgehead atoms. The van der Waals surface area contributed by atoms with Crippen LogP contribution in [0.1, 0.15) is 5.56 Å². The van der Waals surface area contributed by atoms with Gasteiger partial charge in [0.15, 0.2) is 0 Å². The Balaban J connectivity index is 2.42. The van der Waals surface area contributed by atoms with E-state index in [9.17, 15) is 12.8 Å². The highest BCUT2D eigenvalue weighted by Crippen LogP contribution is 2.25. The summed E-state index contributed by atoms with van der Waals surface area (Å²) in [7, 11) is -4.03. The molecule has 0 aliphatic carbocycles. The zero-order valence-electron chi connectivity index (χ0n) is 10.1. The lowest BCUT2D eigenvalue weighted by Gasteiger charge is -2.09. The fourth-order valence-corrected chi connectivity index (χ4v) is 2.84. The number of hydrogen-bond acceptors (Lipinski definition) is 4. The molecule has 0 unspecified atom stereocenters. The summed E-state index contributed by atoms with van der Waals surface area (Å²) in [4.78, 5) is 3.40. The number of anilines is 1. The SMILES string of the molecule is N#Cc1cc(F)ccc1NS(=O)(=O)c1cnc(Cl)c(Cl)c1. The van der Waals surface area contributed by atoms with E-state index in [2.05, 4.69) is 9.71 Å². The van der Waals surface area contributed by atoms with Gasteiger partial charge in [-0.05, 0) is 24.3 Å². The van der Waals surface area contributed by atoms with Crippen LogP contribution in [-0.4, -0.2) is 13.4 Å². The monoisotopic (exact) mass is 345 g/mol. The molecule has 5 nitrogen and oxygen atoms in total. The second kappa shape index (κ2) is 5.85. The van der Waals surface area contributed by atoms with Crippen LogP contribution in [0.25, 0.3) is 0 Å². The number of aromatic nitrogens is 1. The van der Waals surface area contributed by atoms with Gasteiger partial charge in [0, 0.05) is 6.20 Å². The van der Waals surface area contributed by atoms with E-state index in [1.54, 1.807) is 6.07 Å². The Morgan fingerprint density at radius 2 is 2.00 bits per heavy atom. The first-order valence-electron chi connectivity index (χ1n) is 5.37. The van der Waals surface area contributed by atoms with Crippen molar-refractivity contribution in [2.24, 2.45) is 0 Å². The molecule has 0 radical (unpaired) electrons. The van der Waals surface area contributed by atoms with Crippen molar-refractivity contribution in [1.29, 1.82) is 5.26 Å². The number of pyridine rings is 1. The molecule has 0 spiro atoms. The smallest absolute Gasteiger partial charge is 0.263 e. The van der Waals surface area contributed by atoms with Crippen molar-refractivity contribution in [3.05, 3.63) is 52.0 Å². The number of nitrogens with one attached hydrogen (secondary N) is 1. The first-order chi connectivity index (χ1) is 9.83. The van der Waals surface area contributed by atoms with Crippen LogP contribution >= 0.6 is 23.2 Å². The molecule has 0 saturated heterocycles. The van der Waals surface area contributed by atoms with Crippen molar-refractivity contribution < 1.29 is 12.8 Å². The van der Waals surface area contributed by atoms with Crippen molar-refractivity contribution in [3.8, 4) is 6.07 Å². The van der Waals surface area contributed by atoms with E-state index in [-0.39, 0.29) is 26.3 Å². The molecular weight excluding hydrogens is 340 g/mol. The highest BCUT2D eigenvalue weighted by atomic mass is 35.5. The zero-order chi connectivity index (χ0) is 15.6. The molecule has 0 atom stereocenters. The molecule has 108 valence electrons. The topological polar surface area (TPSA) is 82.9 Å². The second-order valence-corrected chi connectivity index (χ2v) is 6.30. The van der Waals surface area contributed by atoms with Gasteiger partial charge in [0.25, 0.3) is 10.0 Å². The molecule has 21 heavy (non-hydrogen) atoms. The van der Waals surface area contributed by atoms with Gasteiger partial charge in [0.05, 0.1) is 16.3 Å². The van der Waals surface area contributed by atoms with E-state index in [4.69, 9.17) is 28.5 Å². The minimum absolute atomic E-state index is 0.0286. The third kappa shape index (κ3) is 3.42. The van der Waals surface area contributed by atoms with E-state index in [0.717, 1.165) is 30.5 Å².